The van der Waals surface area contributed by atoms with Gasteiger partial charge in [0.15, 0.2) is 17.2 Å². The number of benzene rings is 3. The molecule has 0 radical (unpaired) electrons. The van der Waals surface area contributed by atoms with Gasteiger partial charge in [-0.25, -0.2) is 9.79 Å². The SMILES string of the molecule is COc1cc(/C=C2/N=C(c3ccccc3)OC2=O)ccc1OCc1ccc(Cl)c(Cl)c1. The van der Waals surface area contributed by atoms with Gasteiger partial charge in [0.2, 0.25) is 5.90 Å². The number of carbonyl (C=O) groups excluding carboxylic acids is 1. The highest BCUT2D eigenvalue weighted by Gasteiger charge is 2.24. The molecular weight excluding hydrogens is 437 g/mol. The summed E-state index contributed by atoms with van der Waals surface area (Å²) in [6.45, 7) is 0.296. The Labute approximate surface area is 189 Å². The summed E-state index contributed by atoms with van der Waals surface area (Å²) < 4.78 is 16.6. The lowest BCUT2D eigenvalue weighted by Crippen LogP contribution is -2.04. The molecule has 0 unspecified atom stereocenters. The standard InChI is InChI=1S/C24H17Cl2NO4/c1-29-22-13-15(8-10-21(22)30-14-16-7-9-18(25)19(26)11-16)12-20-24(28)31-23(27-20)17-5-3-2-4-6-17/h2-13H,14H2,1H3/b20-12+. The Balaban J connectivity index is 1.53. The van der Waals surface area contributed by atoms with Crippen molar-refractivity contribution >= 4 is 41.1 Å². The molecule has 0 spiro atoms. The lowest BCUT2D eigenvalue weighted by molar-refractivity contribution is -0.129. The average molecular weight is 454 g/mol. The lowest BCUT2D eigenvalue weighted by Gasteiger charge is -2.12. The summed E-state index contributed by atoms with van der Waals surface area (Å²) in [6.07, 6.45) is 1.64. The number of halogens is 2. The van der Waals surface area contributed by atoms with Crippen molar-refractivity contribution in [3.8, 4) is 11.5 Å². The van der Waals surface area contributed by atoms with Gasteiger partial charge in [-0.15, -0.1) is 0 Å². The van der Waals surface area contributed by atoms with Gasteiger partial charge in [-0.3, -0.25) is 0 Å². The fourth-order valence-corrected chi connectivity index (χ4v) is 3.28. The van der Waals surface area contributed by atoms with E-state index >= 15 is 0 Å². The second kappa shape index (κ2) is 9.25. The first-order valence-corrected chi connectivity index (χ1v) is 10.1. The Hall–Kier alpha value is -3.28. The molecule has 31 heavy (non-hydrogen) atoms. The predicted molar refractivity (Wildman–Crippen MR) is 121 cm³/mol. The van der Waals surface area contributed by atoms with Crippen molar-refractivity contribution in [1.29, 1.82) is 0 Å². The molecule has 0 aliphatic carbocycles. The summed E-state index contributed by atoms with van der Waals surface area (Å²) in [7, 11) is 1.55. The number of cyclic esters (lactones) is 1. The maximum absolute atomic E-state index is 12.2. The van der Waals surface area contributed by atoms with Gasteiger partial charge in [-0.1, -0.05) is 53.5 Å². The molecule has 0 N–H and O–H groups in total. The topological polar surface area (TPSA) is 57.1 Å². The van der Waals surface area contributed by atoms with Crippen molar-refractivity contribution in [2.45, 2.75) is 6.61 Å². The van der Waals surface area contributed by atoms with Crippen LogP contribution in [0.5, 0.6) is 11.5 Å². The first kappa shape index (κ1) is 21.0. The second-order valence-electron chi connectivity index (χ2n) is 6.65. The Morgan fingerprint density at radius 3 is 2.52 bits per heavy atom. The van der Waals surface area contributed by atoms with Crippen LogP contribution in [0.1, 0.15) is 16.7 Å². The number of carbonyl (C=O) groups is 1. The molecule has 0 saturated carbocycles. The van der Waals surface area contributed by atoms with Gasteiger partial charge >= 0.3 is 5.97 Å². The molecule has 4 rings (SSSR count). The summed E-state index contributed by atoms with van der Waals surface area (Å²) >= 11 is 12.0. The minimum absolute atomic E-state index is 0.213. The Kier molecular flexibility index (Phi) is 6.26. The molecule has 0 amide bonds. The maximum Gasteiger partial charge on any atom is 0.363 e. The smallest absolute Gasteiger partial charge is 0.363 e. The van der Waals surface area contributed by atoms with Crippen LogP contribution in [0.25, 0.3) is 6.08 Å². The minimum atomic E-state index is -0.502. The molecule has 7 heteroatoms. The van der Waals surface area contributed by atoms with E-state index in [2.05, 4.69) is 4.99 Å². The van der Waals surface area contributed by atoms with Crippen LogP contribution in [0.4, 0.5) is 0 Å². The summed E-state index contributed by atoms with van der Waals surface area (Å²) in [4.78, 5) is 16.5. The largest absolute Gasteiger partial charge is 0.493 e. The van der Waals surface area contributed by atoms with Crippen molar-refractivity contribution in [1.82, 2.24) is 0 Å². The van der Waals surface area contributed by atoms with Crippen molar-refractivity contribution in [2.75, 3.05) is 7.11 Å². The number of nitrogens with zero attached hydrogens (tertiary/aromatic N) is 1. The third kappa shape index (κ3) is 4.90. The Morgan fingerprint density at radius 2 is 1.77 bits per heavy atom. The second-order valence-corrected chi connectivity index (χ2v) is 7.46. The summed E-state index contributed by atoms with van der Waals surface area (Å²) in [5.74, 6) is 0.856. The molecule has 0 aromatic heterocycles. The van der Waals surface area contributed by atoms with Crippen LogP contribution < -0.4 is 9.47 Å². The van der Waals surface area contributed by atoms with Gasteiger partial charge in [-0.2, -0.15) is 0 Å². The third-order valence-electron chi connectivity index (χ3n) is 4.51. The summed E-state index contributed by atoms with van der Waals surface area (Å²) in [5.41, 5.74) is 2.55. The van der Waals surface area contributed by atoms with Crippen LogP contribution in [-0.2, 0) is 16.1 Å². The number of rotatable bonds is 6. The maximum atomic E-state index is 12.2. The predicted octanol–water partition coefficient (Wildman–Crippen LogP) is 5.93. The van der Waals surface area contributed by atoms with E-state index in [1.165, 1.54) is 0 Å². The number of aliphatic imine (C=N–C) groups is 1. The molecule has 0 atom stereocenters. The molecule has 0 saturated heterocycles. The third-order valence-corrected chi connectivity index (χ3v) is 5.25. The van der Waals surface area contributed by atoms with Gasteiger partial charge in [0.25, 0.3) is 0 Å². The molecule has 0 fully saturated rings. The summed E-state index contributed by atoms with van der Waals surface area (Å²) in [5, 5.41) is 0.958. The zero-order valence-electron chi connectivity index (χ0n) is 16.5. The van der Waals surface area contributed by atoms with Crippen molar-refractivity contribution in [3.63, 3.8) is 0 Å². The molecule has 156 valence electrons. The number of hydrogen-bond donors (Lipinski definition) is 0. The van der Waals surface area contributed by atoms with Gasteiger partial charge in [0.05, 0.1) is 17.2 Å². The highest BCUT2D eigenvalue weighted by molar-refractivity contribution is 6.42. The van der Waals surface area contributed by atoms with Crippen LogP contribution in [0, 0.1) is 0 Å². The lowest BCUT2D eigenvalue weighted by atomic mass is 10.1. The van der Waals surface area contributed by atoms with Crippen LogP contribution >= 0.6 is 23.2 Å². The molecule has 1 aliphatic rings. The fraction of sp³-hybridized carbons (Fsp3) is 0.0833. The number of esters is 1. The Morgan fingerprint density at radius 1 is 0.968 bits per heavy atom. The molecule has 3 aromatic carbocycles. The van der Waals surface area contributed by atoms with Gasteiger partial charge in [0, 0.05) is 5.56 Å². The van der Waals surface area contributed by atoms with Crippen molar-refractivity contribution in [3.05, 3.63) is 99.2 Å². The number of methoxy groups -OCH3 is 1. The van der Waals surface area contributed by atoms with E-state index in [0.717, 1.165) is 16.7 Å². The number of hydrogen-bond acceptors (Lipinski definition) is 5. The van der Waals surface area contributed by atoms with Crippen molar-refractivity contribution < 1.29 is 19.0 Å². The monoisotopic (exact) mass is 453 g/mol. The van der Waals surface area contributed by atoms with E-state index in [1.54, 1.807) is 37.5 Å². The normalized spacial score (nSPS) is 14.4. The Bertz CT molecular complexity index is 1190. The highest BCUT2D eigenvalue weighted by Crippen LogP contribution is 2.31. The zero-order valence-corrected chi connectivity index (χ0v) is 18.0. The van der Waals surface area contributed by atoms with E-state index in [0.29, 0.717) is 28.2 Å². The average Bonchev–Trinajstić information content (AvgIpc) is 3.15. The van der Waals surface area contributed by atoms with Gasteiger partial charge < -0.3 is 14.2 Å². The van der Waals surface area contributed by atoms with E-state index in [-0.39, 0.29) is 11.6 Å². The van der Waals surface area contributed by atoms with Gasteiger partial charge in [0.1, 0.15) is 6.61 Å². The number of ether oxygens (including phenoxy) is 3. The van der Waals surface area contributed by atoms with Crippen LogP contribution in [0.2, 0.25) is 10.0 Å². The first-order valence-electron chi connectivity index (χ1n) is 9.36. The van der Waals surface area contributed by atoms with E-state index < -0.39 is 5.97 Å². The fourth-order valence-electron chi connectivity index (χ4n) is 2.95. The molecule has 0 bridgehead atoms. The van der Waals surface area contributed by atoms with E-state index in [1.807, 2.05) is 42.5 Å². The van der Waals surface area contributed by atoms with Gasteiger partial charge in [-0.05, 0) is 53.6 Å². The van der Waals surface area contributed by atoms with Crippen molar-refractivity contribution in [2.24, 2.45) is 4.99 Å². The molecule has 1 aliphatic heterocycles. The van der Waals surface area contributed by atoms with Crippen LogP contribution in [0.3, 0.4) is 0 Å². The van der Waals surface area contributed by atoms with E-state index in [9.17, 15) is 4.79 Å². The highest BCUT2D eigenvalue weighted by atomic mass is 35.5. The van der Waals surface area contributed by atoms with Crippen LogP contribution in [0.15, 0.2) is 77.4 Å². The molecule has 5 nitrogen and oxygen atoms in total. The van der Waals surface area contributed by atoms with Crippen LogP contribution in [-0.4, -0.2) is 19.0 Å². The van der Waals surface area contributed by atoms with E-state index in [4.69, 9.17) is 37.4 Å². The first-order chi connectivity index (χ1) is 15.0. The zero-order chi connectivity index (χ0) is 21.8. The minimum Gasteiger partial charge on any atom is -0.493 e. The summed E-state index contributed by atoms with van der Waals surface area (Å²) in [6, 6.07) is 19.9. The molecule has 3 aromatic rings. The molecule has 1 heterocycles. The quantitative estimate of drug-likeness (QED) is 0.343. The molecular formula is C24H17Cl2NO4.